The van der Waals surface area contributed by atoms with E-state index in [9.17, 15) is 4.79 Å². The normalized spacial score (nSPS) is 10.7. The fourth-order valence-electron chi connectivity index (χ4n) is 2.26. The number of halogens is 1. The third-order valence-electron chi connectivity index (χ3n) is 3.24. The number of anilines is 1. The maximum Gasteiger partial charge on any atom is 0.269 e. The van der Waals surface area contributed by atoms with Gasteiger partial charge in [-0.2, -0.15) is 0 Å². The molecule has 0 aliphatic heterocycles. The van der Waals surface area contributed by atoms with E-state index in [1.165, 1.54) is 6.20 Å². The first-order valence-corrected chi connectivity index (χ1v) is 7.06. The van der Waals surface area contributed by atoms with E-state index in [1.54, 1.807) is 4.57 Å². The van der Waals surface area contributed by atoms with Crippen molar-refractivity contribution >= 4 is 28.3 Å². The van der Waals surface area contributed by atoms with Crippen molar-refractivity contribution in [1.29, 1.82) is 0 Å². The fourth-order valence-corrected chi connectivity index (χ4v) is 2.45. The Labute approximate surface area is 127 Å². The summed E-state index contributed by atoms with van der Waals surface area (Å²) < 4.78 is 1.72. The summed E-state index contributed by atoms with van der Waals surface area (Å²) in [5.74, 6) is 0. The van der Waals surface area contributed by atoms with Crippen molar-refractivity contribution in [2.75, 3.05) is 11.9 Å². The molecule has 1 N–H and O–H groups in total. The van der Waals surface area contributed by atoms with Gasteiger partial charge in [0.05, 0.1) is 17.2 Å². The Morgan fingerprint density at radius 2 is 2.00 bits per heavy atom. The molecule has 5 heteroatoms. The Kier molecular flexibility index (Phi) is 3.88. The van der Waals surface area contributed by atoms with Gasteiger partial charge < -0.3 is 9.88 Å². The lowest BCUT2D eigenvalue weighted by molar-refractivity contribution is 0.721. The van der Waals surface area contributed by atoms with E-state index >= 15 is 0 Å². The Morgan fingerprint density at radius 1 is 1.14 bits per heavy atom. The summed E-state index contributed by atoms with van der Waals surface area (Å²) in [4.78, 5) is 16.1. The van der Waals surface area contributed by atoms with Gasteiger partial charge in [-0.25, -0.2) is 4.98 Å². The molecule has 1 aromatic heterocycles. The first-order valence-electron chi connectivity index (χ1n) is 6.68. The van der Waals surface area contributed by atoms with Gasteiger partial charge in [0, 0.05) is 23.8 Å². The van der Waals surface area contributed by atoms with Gasteiger partial charge in [-0.05, 0) is 30.3 Å². The molecule has 0 saturated carbocycles. The number of hydrogen-bond acceptors (Lipinski definition) is 3. The Morgan fingerprint density at radius 3 is 2.86 bits per heavy atom. The number of aromatic nitrogens is 2. The van der Waals surface area contributed by atoms with E-state index in [0.717, 1.165) is 16.7 Å². The van der Waals surface area contributed by atoms with Crippen LogP contribution in [0.2, 0.25) is 5.02 Å². The molecule has 0 unspecified atom stereocenters. The fraction of sp³-hybridized carbons (Fsp3) is 0.125. The minimum absolute atomic E-state index is 0.0957. The van der Waals surface area contributed by atoms with Crippen LogP contribution < -0.4 is 10.9 Å². The molecule has 0 radical (unpaired) electrons. The average Bonchev–Trinajstić information content (AvgIpc) is 2.50. The van der Waals surface area contributed by atoms with Crippen LogP contribution in [0, 0.1) is 0 Å². The zero-order chi connectivity index (χ0) is 14.7. The van der Waals surface area contributed by atoms with Gasteiger partial charge in [-0.1, -0.05) is 29.8 Å². The highest BCUT2D eigenvalue weighted by Crippen LogP contribution is 2.14. The van der Waals surface area contributed by atoms with Crippen LogP contribution in [0.5, 0.6) is 0 Å². The second kappa shape index (κ2) is 5.97. The number of fused-ring (bicyclic) bond motifs is 1. The molecule has 1 heterocycles. The highest BCUT2D eigenvalue weighted by molar-refractivity contribution is 6.30. The molecule has 3 aromatic rings. The molecule has 0 saturated heterocycles. The highest BCUT2D eigenvalue weighted by Gasteiger charge is 2.03. The molecule has 0 amide bonds. The quantitative estimate of drug-likeness (QED) is 0.805. The van der Waals surface area contributed by atoms with E-state index in [2.05, 4.69) is 10.3 Å². The molecule has 0 fully saturated rings. The summed E-state index contributed by atoms with van der Waals surface area (Å²) in [7, 11) is 0. The predicted molar refractivity (Wildman–Crippen MR) is 85.9 cm³/mol. The monoisotopic (exact) mass is 299 g/mol. The van der Waals surface area contributed by atoms with Gasteiger partial charge in [0.15, 0.2) is 0 Å². The summed E-state index contributed by atoms with van der Waals surface area (Å²) in [6, 6.07) is 15.1. The third kappa shape index (κ3) is 3.06. The maximum absolute atomic E-state index is 12.0. The van der Waals surface area contributed by atoms with Gasteiger partial charge in [-0.15, -0.1) is 0 Å². The van der Waals surface area contributed by atoms with Gasteiger partial charge in [0.25, 0.3) is 5.56 Å². The van der Waals surface area contributed by atoms with Crippen molar-refractivity contribution < 1.29 is 0 Å². The van der Waals surface area contributed by atoms with Crippen LogP contribution in [0.25, 0.3) is 11.0 Å². The highest BCUT2D eigenvalue weighted by atomic mass is 35.5. The zero-order valence-corrected chi connectivity index (χ0v) is 12.0. The van der Waals surface area contributed by atoms with Crippen LogP contribution in [0.1, 0.15) is 0 Å². The summed E-state index contributed by atoms with van der Waals surface area (Å²) in [6.45, 7) is 1.20. The number of rotatable bonds is 4. The Bertz CT molecular complexity index is 829. The van der Waals surface area contributed by atoms with Gasteiger partial charge in [0.2, 0.25) is 0 Å². The van der Waals surface area contributed by atoms with Crippen LogP contribution in [-0.4, -0.2) is 16.1 Å². The summed E-state index contributed by atoms with van der Waals surface area (Å²) >= 11 is 5.94. The standard InChI is InChI=1S/C16H14ClN3O/c17-12-4-3-5-13(10-12)18-8-9-20-15-7-2-1-6-14(15)19-11-16(20)21/h1-7,10-11,18H,8-9H2. The predicted octanol–water partition coefficient (Wildman–Crippen LogP) is 3.16. The molecule has 3 rings (SSSR count). The van der Waals surface area contributed by atoms with Gasteiger partial charge in [-0.3, -0.25) is 4.79 Å². The molecule has 0 bridgehead atoms. The third-order valence-corrected chi connectivity index (χ3v) is 3.48. The lowest BCUT2D eigenvalue weighted by atomic mass is 10.3. The van der Waals surface area contributed by atoms with Gasteiger partial charge >= 0.3 is 0 Å². The Balaban J connectivity index is 1.79. The minimum atomic E-state index is -0.0957. The molecule has 0 spiro atoms. The number of benzene rings is 2. The van der Waals surface area contributed by atoms with Crippen LogP contribution in [0.15, 0.2) is 59.5 Å². The minimum Gasteiger partial charge on any atom is -0.383 e. The summed E-state index contributed by atoms with van der Waals surface area (Å²) in [5.41, 5.74) is 2.51. The van der Waals surface area contributed by atoms with Crippen molar-refractivity contribution in [3.05, 3.63) is 70.1 Å². The van der Waals surface area contributed by atoms with Crippen molar-refractivity contribution in [2.45, 2.75) is 6.54 Å². The van der Waals surface area contributed by atoms with Crippen molar-refractivity contribution in [1.82, 2.24) is 9.55 Å². The van der Waals surface area contributed by atoms with E-state index in [-0.39, 0.29) is 5.56 Å². The average molecular weight is 300 g/mol. The molecular weight excluding hydrogens is 286 g/mol. The van der Waals surface area contributed by atoms with Crippen molar-refractivity contribution in [2.24, 2.45) is 0 Å². The lowest BCUT2D eigenvalue weighted by Crippen LogP contribution is -2.24. The maximum atomic E-state index is 12.0. The second-order valence-corrected chi connectivity index (χ2v) is 5.11. The molecule has 21 heavy (non-hydrogen) atoms. The lowest BCUT2D eigenvalue weighted by Gasteiger charge is -2.11. The number of para-hydroxylation sites is 2. The van der Waals surface area contributed by atoms with E-state index < -0.39 is 0 Å². The van der Waals surface area contributed by atoms with Crippen molar-refractivity contribution in [3.8, 4) is 0 Å². The SMILES string of the molecule is O=c1cnc2ccccc2n1CCNc1cccc(Cl)c1. The molecule has 4 nitrogen and oxygen atoms in total. The largest absolute Gasteiger partial charge is 0.383 e. The number of hydrogen-bond donors (Lipinski definition) is 1. The van der Waals surface area contributed by atoms with Crippen LogP contribution >= 0.6 is 11.6 Å². The smallest absolute Gasteiger partial charge is 0.269 e. The van der Waals surface area contributed by atoms with Gasteiger partial charge in [0.1, 0.15) is 0 Å². The molecule has 0 aliphatic rings. The zero-order valence-electron chi connectivity index (χ0n) is 11.3. The van der Waals surface area contributed by atoms with E-state index in [0.29, 0.717) is 18.1 Å². The van der Waals surface area contributed by atoms with E-state index in [1.807, 2.05) is 48.5 Å². The van der Waals surface area contributed by atoms with E-state index in [4.69, 9.17) is 11.6 Å². The first kappa shape index (κ1) is 13.6. The number of nitrogens with zero attached hydrogens (tertiary/aromatic N) is 2. The summed E-state index contributed by atoms with van der Waals surface area (Å²) in [6.07, 6.45) is 1.36. The second-order valence-electron chi connectivity index (χ2n) is 4.67. The van der Waals surface area contributed by atoms with Crippen LogP contribution in [0.4, 0.5) is 5.69 Å². The summed E-state index contributed by atoms with van der Waals surface area (Å²) in [5, 5.41) is 3.95. The molecule has 2 aromatic carbocycles. The number of nitrogens with one attached hydrogen (secondary N) is 1. The van der Waals surface area contributed by atoms with Crippen LogP contribution in [0.3, 0.4) is 0 Å². The molecule has 106 valence electrons. The topological polar surface area (TPSA) is 46.9 Å². The molecule has 0 aliphatic carbocycles. The van der Waals surface area contributed by atoms with Crippen LogP contribution in [-0.2, 0) is 6.54 Å². The van der Waals surface area contributed by atoms with Crippen molar-refractivity contribution in [3.63, 3.8) is 0 Å². The first-order chi connectivity index (χ1) is 10.2. The molecular formula is C16H14ClN3O. The Hall–Kier alpha value is -2.33. The molecule has 0 atom stereocenters.